The van der Waals surface area contributed by atoms with Gasteiger partial charge in [-0.15, -0.1) is 0 Å². The van der Waals surface area contributed by atoms with Gasteiger partial charge in [-0.3, -0.25) is 14.6 Å². The molecule has 0 saturated heterocycles. The Kier molecular flexibility index (Phi) is 5.33. The minimum absolute atomic E-state index is 0.193. The number of pyridine rings is 1. The first-order valence-corrected chi connectivity index (χ1v) is 9.89. The summed E-state index contributed by atoms with van der Waals surface area (Å²) in [5.74, 6) is -0.262. The van der Waals surface area contributed by atoms with Crippen LogP contribution in [0.15, 0.2) is 65.7 Å². The third kappa shape index (κ3) is 3.57. The quantitative estimate of drug-likeness (QED) is 0.457. The Bertz CT molecular complexity index is 1330. The molecule has 0 fully saturated rings. The van der Waals surface area contributed by atoms with Crippen LogP contribution in [0.2, 0.25) is 5.02 Å². The normalized spacial score (nSPS) is 10.9. The van der Waals surface area contributed by atoms with E-state index in [-0.39, 0.29) is 22.6 Å². The molecule has 30 heavy (non-hydrogen) atoms. The largest absolute Gasteiger partial charge is 0.350 e. The van der Waals surface area contributed by atoms with Gasteiger partial charge in [0.05, 0.1) is 5.56 Å². The van der Waals surface area contributed by atoms with Crippen molar-refractivity contribution in [1.82, 2.24) is 14.8 Å². The molecule has 150 valence electrons. The van der Waals surface area contributed by atoms with Gasteiger partial charge in [0, 0.05) is 46.0 Å². The zero-order valence-corrected chi connectivity index (χ0v) is 17.3. The molecule has 0 spiro atoms. The Morgan fingerprint density at radius 1 is 1.17 bits per heavy atom. The first-order valence-electron chi connectivity index (χ1n) is 9.51. The number of aryl methyl sites for hydroxylation is 1. The average Bonchev–Trinajstić information content (AvgIpc) is 2.75. The summed E-state index contributed by atoms with van der Waals surface area (Å²) < 4.78 is 1.34. The van der Waals surface area contributed by atoms with E-state index >= 15 is 0 Å². The highest BCUT2D eigenvalue weighted by molar-refractivity contribution is 6.30. The lowest BCUT2D eigenvalue weighted by Gasteiger charge is -2.17. The van der Waals surface area contributed by atoms with E-state index < -0.39 is 0 Å². The summed E-state index contributed by atoms with van der Waals surface area (Å²) in [7, 11) is 0. The van der Waals surface area contributed by atoms with Crippen LogP contribution in [0, 0.1) is 0 Å². The van der Waals surface area contributed by atoms with Crippen molar-refractivity contribution in [2.45, 2.75) is 20.4 Å². The monoisotopic (exact) mass is 418 g/mol. The smallest absolute Gasteiger partial charge is 0.291 e. The zero-order chi connectivity index (χ0) is 21.3. The molecule has 2 aromatic carbocycles. The number of fused-ring (bicyclic) bond motifs is 1. The van der Waals surface area contributed by atoms with Crippen molar-refractivity contribution in [2.24, 2.45) is 0 Å². The van der Waals surface area contributed by atoms with Crippen molar-refractivity contribution in [3.05, 3.63) is 81.9 Å². The second-order valence-corrected chi connectivity index (χ2v) is 7.25. The molecule has 0 aliphatic carbocycles. The topological polar surface area (TPSA) is 76.9 Å². The molecule has 0 atom stereocenters. The van der Waals surface area contributed by atoms with Gasteiger partial charge >= 0.3 is 0 Å². The van der Waals surface area contributed by atoms with E-state index in [0.29, 0.717) is 28.5 Å². The number of halogens is 1. The molecule has 1 N–H and O–H groups in total. The van der Waals surface area contributed by atoms with Crippen molar-refractivity contribution in [3.63, 3.8) is 0 Å². The Balaban J connectivity index is 2.00. The summed E-state index contributed by atoms with van der Waals surface area (Å²) in [5, 5.41) is 10.0. The van der Waals surface area contributed by atoms with Gasteiger partial charge in [-0.05, 0) is 38.1 Å². The van der Waals surface area contributed by atoms with Crippen molar-refractivity contribution < 1.29 is 4.79 Å². The van der Waals surface area contributed by atoms with Gasteiger partial charge in [0.15, 0.2) is 5.78 Å². The molecule has 4 aromatic rings. The zero-order valence-electron chi connectivity index (χ0n) is 16.5. The second-order valence-electron chi connectivity index (χ2n) is 6.81. The van der Waals surface area contributed by atoms with Crippen LogP contribution in [0.25, 0.3) is 22.0 Å². The fourth-order valence-corrected chi connectivity index (χ4v) is 3.64. The van der Waals surface area contributed by atoms with Crippen LogP contribution >= 0.6 is 11.6 Å². The van der Waals surface area contributed by atoms with Gasteiger partial charge in [0.25, 0.3) is 5.56 Å². The molecule has 0 radical (unpaired) electrons. The highest BCUT2D eigenvalue weighted by Crippen LogP contribution is 2.31. The maximum Gasteiger partial charge on any atom is 0.291 e. The first-order chi connectivity index (χ1) is 14.5. The number of ketones is 1. The van der Waals surface area contributed by atoms with E-state index in [1.54, 1.807) is 30.6 Å². The maximum atomic E-state index is 13.2. The van der Waals surface area contributed by atoms with Crippen LogP contribution in [-0.4, -0.2) is 20.5 Å². The maximum absolute atomic E-state index is 13.2. The number of rotatable bonds is 5. The van der Waals surface area contributed by atoms with Crippen molar-refractivity contribution in [1.29, 1.82) is 0 Å². The minimum atomic E-state index is -0.362. The van der Waals surface area contributed by atoms with Crippen LogP contribution in [0.4, 0.5) is 11.4 Å². The molecule has 7 heteroatoms. The predicted octanol–water partition coefficient (Wildman–Crippen LogP) is 5.08. The minimum Gasteiger partial charge on any atom is -0.350 e. The molecule has 0 aliphatic heterocycles. The number of hydrogen-bond acceptors (Lipinski definition) is 5. The lowest BCUT2D eigenvalue weighted by Crippen LogP contribution is -2.28. The number of Topliss-reactive ketones (excluding diaryl/α,β-unsaturated/α-hetero) is 1. The molecule has 0 unspecified atom stereocenters. The highest BCUT2D eigenvalue weighted by atomic mass is 35.5. The van der Waals surface area contributed by atoms with Crippen LogP contribution in [-0.2, 0) is 6.54 Å². The number of carbonyl (C=O) groups is 1. The molecule has 0 aliphatic rings. The Morgan fingerprint density at radius 3 is 2.70 bits per heavy atom. The summed E-state index contributed by atoms with van der Waals surface area (Å²) in [4.78, 5) is 30.0. The summed E-state index contributed by atoms with van der Waals surface area (Å²) in [5.41, 5.74) is 1.85. The summed E-state index contributed by atoms with van der Waals surface area (Å²) in [6.45, 7) is 3.62. The number of benzene rings is 2. The molecule has 6 nitrogen and oxygen atoms in total. The van der Waals surface area contributed by atoms with E-state index in [0.717, 1.165) is 10.8 Å². The lowest BCUT2D eigenvalue weighted by molar-refractivity contribution is 0.101. The number of hydrogen-bond donors (Lipinski definition) is 1. The van der Waals surface area contributed by atoms with Crippen LogP contribution in [0.3, 0.4) is 0 Å². The van der Waals surface area contributed by atoms with Gasteiger partial charge in [0.1, 0.15) is 11.4 Å². The van der Waals surface area contributed by atoms with E-state index in [9.17, 15) is 9.59 Å². The van der Waals surface area contributed by atoms with E-state index in [2.05, 4.69) is 15.4 Å². The summed E-state index contributed by atoms with van der Waals surface area (Å²) in [6.07, 6.45) is 3.44. The standard InChI is InChI=1S/C23H19ClN4O2/c1-3-28-23(30)22(26-19-9-5-7-16-13-25-11-10-18(16)19)20(14(2)29)21(27-28)15-6-4-8-17(24)12-15/h4-13,26H,3H2,1-2H3. The number of anilines is 2. The molecule has 0 bridgehead atoms. The third-order valence-electron chi connectivity index (χ3n) is 4.85. The molecule has 0 saturated carbocycles. The van der Waals surface area contributed by atoms with Crippen molar-refractivity contribution in [2.75, 3.05) is 5.32 Å². The average molecular weight is 419 g/mol. The Hall–Kier alpha value is -3.51. The summed E-state index contributed by atoms with van der Waals surface area (Å²) in [6, 6.07) is 14.6. The van der Waals surface area contributed by atoms with E-state index in [1.807, 2.05) is 37.3 Å². The highest BCUT2D eigenvalue weighted by Gasteiger charge is 2.22. The molecule has 2 aromatic heterocycles. The first kappa shape index (κ1) is 19.8. The van der Waals surface area contributed by atoms with Gasteiger partial charge in [-0.1, -0.05) is 35.9 Å². The number of nitrogens with one attached hydrogen (secondary N) is 1. The molecule has 2 heterocycles. The Labute approximate surface area is 178 Å². The second kappa shape index (κ2) is 8.08. The molecular formula is C23H19ClN4O2. The van der Waals surface area contributed by atoms with Gasteiger partial charge in [0.2, 0.25) is 0 Å². The van der Waals surface area contributed by atoms with E-state index in [1.165, 1.54) is 11.6 Å². The molecular weight excluding hydrogens is 400 g/mol. The fourth-order valence-electron chi connectivity index (χ4n) is 3.45. The van der Waals surface area contributed by atoms with Gasteiger partial charge in [-0.25, -0.2) is 4.68 Å². The third-order valence-corrected chi connectivity index (χ3v) is 5.08. The number of aromatic nitrogens is 3. The van der Waals surface area contributed by atoms with Crippen molar-refractivity contribution >= 4 is 39.5 Å². The SMILES string of the molecule is CCn1nc(-c2cccc(Cl)c2)c(C(C)=O)c(Nc2cccc3cnccc23)c1=O. The van der Waals surface area contributed by atoms with Gasteiger partial charge in [-0.2, -0.15) is 5.10 Å². The number of carbonyl (C=O) groups excluding carboxylic acids is 1. The summed E-state index contributed by atoms with van der Waals surface area (Å²) >= 11 is 6.16. The number of nitrogens with zero attached hydrogens (tertiary/aromatic N) is 3. The van der Waals surface area contributed by atoms with Crippen LogP contribution in [0.5, 0.6) is 0 Å². The van der Waals surface area contributed by atoms with Crippen LogP contribution < -0.4 is 10.9 Å². The molecule has 0 amide bonds. The predicted molar refractivity (Wildman–Crippen MR) is 120 cm³/mol. The lowest BCUT2D eigenvalue weighted by atomic mass is 10.0. The fraction of sp³-hybridized carbons (Fsp3) is 0.130. The van der Waals surface area contributed by atoms with E-state index in [4.69, 9.17) is 11.6 Å². The molecule has 4 rings (SSSR count). The Morgan fingerprint density at radius 2 is 1.97 bits per heavy atom. The van der Waals surface area contributed by atoms with Crippen LogP contribution in [0.1, 0.15) is 24.2 Å². The van der Waals surface area contributed by atoms with Gasteiger partial charge < -0.3 is 5.32 Å². The van der Waals surface area contributed by atoms with Crippen molar-refractivity contribution in [3.8, 4) is 11.3 Å².